The molecule has 20 heavy (non-hydrogen) atoms. The zero-order valence-corrected chi connectivity index (χ0v) is 10.4. The molecule has 100 valence electrons. The molecule has 0 atom stereocenters. The summed E-state index contributed by atoms with van der Waals surface area (Å²) in [5, 5.41) is 13.8. The highest BCUT2D eigenvalue weighted by molar-refractivity contribution is 5.79. The Morgan fingerprint density at radius 1 is 1.30 bits per heavy atom. The standard InChI is InChI=1S/C13H11N5O2/c19-18(20)10-4-5-11-12(7-10)17-13(16-11)15-8-9-3-1-2-6-14-9/h1-7H,8H2,(H2,15,16,17). The van der Waals surface area contributed by atoms with E-state index < -0.39 is 4.92 Å². The average molecular weight is 269 g/mol. The topological polar surface area (TPSA) is 96.7 Å². The van der Waals surface area contributed by atoms with Crippen LogP contribution in [0.4, 0.5) is 11.6 Å². The van der Waals surface area contributed by atoms with Crippen LogP contribution in [0.1, 0.15) is 5.69 Å². The first-order valence-electron chi connectivity index (χ1n) is 6.00. The van der Waals surface area contributed by atoms with Gasteiger partial charge in [-0.15, -0.1) is 0 Å². The molecule has 2 N–H and O–H groups in total. The minimum atomic E-state index is -0.429. The molecule has 3 aromatic rings. The van der Waals surface area contributed by atoms with E-state index in [9.17, 15) is 10.1 Å². The molecule has 0 fully saturated rings. The number of nitrogens with zero attached hydrogens (tertiary/aromatic N) is 3. The van der Waals surface area contributed by atoms with Crippen molar-refractivity contribution in [2.24, 2.45) is 0 Å². The van der Waals surface area contributed by atoms with E-state index in [1.165, 1.54) is 12.1 Å². The van der Waals surface area contributed by atoms with Crippen LogP contribution in [-0.2, 0) is 6.54 Å². The first kappa shape index (κ1) is 12.1. The summed E-state index contributed by atoms with van der Waals surface area (Å²) in [5.74, 6) is 0.561. The quantitative estimate of drug-likeness (QED) is 0.560. The van der Waals surface area contributed by atoms with E-state index in [1.807, 2.05) is 18.2 Å². The number of H-pyrrole nitrogens is 1. The number of hydrogen-bond donors (Lipinski definition) is 2. The van der Waals surface area contributed by atoms with Crippen LogP contribution in [-0.4, -0.2) is 19.9 Å². The highest BCUT2D eigenvalue weighted by atomic mass is 16.6. The number of rotatable bonds is 4. The van der Waals surface area contributed by atoms with Crippen LogP contribution < -0.4 is 5.32 Å². The SMILES string of the molecule is O=[N+]([O-])c1ccc2nc(NCc3ccccn3)[nH]c2c1. The van der Waals surface area contributed by atoms with Crippen LogP contribution in [0.3, 0.4) is 0 Å². The number of non-ortho nitro benzene ring substituents is 1. The van der Waals surface area contributed by atoms with Crippen molar-refractivity contribution in [1.82, 2.24) is 15.0 Å². The number of imidazole rings is 1. The smallest absolute Gasteiger partial charge is 0.271 e. The fourth-order valence-electron chi connectivity index (χ4n) is 1.87. The van der Waals surface area contributed by atoms with Crippen LogP contribution in [0.5, 0.6) is 0 Å². The van der Waals surface area contributed by atoms with Crippen molar-refractivity contribution < 1.29 is 4.92 Å². The van der Waals surface area contributed by atoms with E-state index in [-0.39, 0.29) is 5.69 Å². The second-order valence-corrected chi connectivity index (χ2v) is 4.22. The molecule has 0 saturated heterocycles. The maximum Gasteiger partial charge on any atom is 0.271 e. The van der Waals surface area contributed by atoms with E-state index in [0.717, 1.165) is 5.69 Å². The van der Waals surface area contributed by atoms with Crippen molar-refractivity contribution in [2.75, 3.05) is 5.32 Å². The Morgan fingerprint density at radius 3 is 2.95 bits per heavy atom. The highest BCUT2D eigenvalue weighted by Gasteiger charge is 2.09. The van der Waals surface area contributed by atoms with Crippen LogP contribution in [0, 0.1) is 10.1 Å². The molecule has 0 aliphatic heterocycles. The molecule has 2 heterocycles. The molecule has 0 spiro atoms. The lowest BCUT2D eigenvalue weighted by molar-refractivity contribution is -0.384. The molecular weight excluding hydrogens is 258 g/mol. The van der Waals surface area contributed by atoms with Gasteiger partial charge in [0.1, 0.15) is 0 Å². The van der Waals surface area contributed by atoms with E-state index in [2.05, 4.69) is 20.3 Å². The largest absolute Gasteiger partial charge is 0.350 e. The maximum atomic E-state index is 10.7. The van der Waals surface area contributed by atoms with Crippen molar-refractivity contribution in [3.63, 3.8) is 0 Å². The maximum absolute atomic E-state index is 10.7. The van der Waals surface area contributed by atoms with Crippen molar-refractivity contribution >= 4 is 22.7 Å². The Kier molecular flexibility index (Phi) is 3.00. The monoisotopic (exact) mass is 269 g/mol. The van der Waals surface area contributed by atoms with E-state index >= 15 is 0 Å². The van der Waals surface area contributed by atoms with E-state index in [4.69, 9.17) is 0 Å². The minimum Gasteiger partial charge on any atom is -0.350 e. The van der Waals surface area contributed by atoms with Gasteiger partial charge < -0.3 is 10.3 Å². The lowest BCUT2D eigenvalue weighted by Crippen LogP contribution is -2.02. The summed E-state index contributed by atoms with van der Waals surface area (Å²) in [6, 6.07) is 10.2. The van der Waals surface area contributed by atoms with Crippen molar-refractivity contribution in [1.29, 1.82) is 0 Å². The van der Waals surface area contributed by atoms with Gasteiger partial charge in [0.25, 0.3) is 5.69 Å². The molecule has 2 aromatic heterocycles. The fraction of sp³-hybridized carbons (Fsp3) is 0.0769. The third-order valence-electron chi connectivity index (χ3n) is 2.84. The number of anilines is 1. The number of fused-ring (bicyclic) bond motifs is 1. The zero-order valence-electron chi connectivity index (χ0n) is 10.4. The van der Waals surface area contributed by atoms with E-state index in [0.29, 0.717) is 23.5 Å². The van der Waals surface area contributed by atoms with Gasteiger partial charge in [0, 0.05) is 18.3 Å². The Bertz CT molecular complexity index is 754. The molecule has 7 heteroatoms. The van der Waals surface area contributed by atoms with Gasteiger partial charge >= 0.3 is 0 Å². The van der Waals surface area contributed by atoms with Gasteiger partial charge in [0.15, 0.2) is 0 Å². The number of hydrogen-bond acceptors (Lipinski definition) is 5. The highest BCUT2D eigenvalue weighted by Crippen LogP contribution is 2.20. The zero-order chi connectivity index (χ0) is 13.9. The average Bonchev–Trinajstić information content (AvgIpc) is 2.88. The van der Waals surface area contributed by atoms with Crippen LogP contribution in [0.2, 0.25) is 0 Å². The molecule has 0 bridgehead atoms. The number of aromatic amines is 1. The first-order valence-corrected chi connectivity index (χ1v) is 6.00. The minimum absolute atomic E-state index is 0.0393. The van der Waals surface area contributed by atoms with Crippen molar-refractivity contribution in [3.8, 4) is 0 Å². The molecule has 0 amide bonds. The molecule has 3 rings (SSSR count). The predicted molar refractivity (Wildman–Crippen MR) is 74.3 cm³/mol. The Hall–Kier alpha value is -2.96. The van der Waals surface area contributed by atoms with Crippen molar-refractivity contribution in [2.45, 2.75) is 6.54 Å². The molecule has 0 aliphatic carbocycles. The second kappa shape index (κ2) is 4.96. The van der Waals surface area contributed by atoms with Crippen LogP contribution in [0.25, 0.3) is 11.0 Å². The third kappa shape index (κ3) is 2.41. The Balaban J connectivity index is 1.80. The Labute approximate surface area is 113 Å². The van der Waals surface area contributed by atoms with Crippen LogP contribution >= 0.6 is 0 Å². The number of pyridine rings is 1. The van der Waals surface area contributed by atoms with Gasteiger partial charge in [-0.25, -0.2) is 4.98 Å². The second-order valence-electron chi connectivity index (χ2n) is 4.22. The molecule has 0 saturated carbocycles. The summed E-state index contributed by atoms with van der Waals surface area (Å²) < 4.78 is 0. The summed E-state index contributed by atoms with van der Waals surface area (Å²) in [6.07, 6.45) is 1.72. The summed E-state index contributed by atoms with van der Waals surface area (Å²) >= 11 is 0. The lowest BCUT2D eigenvalue weighted by atomic mass is 10.3. The van der Waals surface area contributed by atoms with Crippen molar-refractivity contribution in [3.05, 3.63) is 58.4 Å². The molecular formula is C13H11N5O2. The first-order chi connectivity index (χ1) is 9.72. The number of nitro benzene ring substituents is 1. The van der Waals surface area contributed by atoms with Gasteiger partial charge in [-0.1, -0.05) is 6.07 Å². The molecule has 0 radical (unpaired) electrons. The summed E-state index contributed by atoms with van der Waals surface area (Å²) in [5.41, 5.74) is 2.23. The molecule has 0 unspecified atom stereocenters. The third-order valence-corrected chi connectivity index (χ3v) is 2.84. The normalized spacial score (nSPS) is 10.6. The van der Waals surface area contributed by atoms with Crippen LogP contribution in [0.15, 0.2) is 42.6 Å². The lowest BCUT2D eigenvalue weighted by Gasteiger charge is -2.00. The number of nitro groups is 1. The summed E-state index contributed by atoms with van der Waals surface area (Å²) in [4.78, 5) is 21.8. The molecule has 7 nitrogen and oxygen atoms in total. The van der Waals surface area contributed by atoms with Gasteiger partial charge in [-0.3, -0.25) is 15.1 Å². The molecule has 0 aliphatic rings. The van der Waals surface area contributed by atoms with Gasteiger partial charge in [0.05, 0.1) is 28.2 Å². The number of benzene rings is 1. The van der Waals surface area contributed by atoms with Gasteiger partial charge in [0.2, 0.25) is 5.95 Å². The number of aromatic nitrogens is 3. The summed E-state index contributed by atoms with van der Waals surface area (Å²) in [6.45, 7) is 0.531. The molecule has 1 aromatic carbocycles. The predicted octanol–water partition coefficient (Wildman–Crippen LogP) is 2.48. The van der Waals surface area contributed by atoms with Gasteiger partial charge in [-0.2, -0.15) is 0 Å². The van der Waals surface area contributed by atoms with E-state index in [1.54, 1.807) is 12.3 Å². The Morgan fingerprint density at radius 2 is 2.20 bits per heavy atom. The fourth-order valence-corrected chi connectivity index (χ4v) is 1.87. The summed E-state index contributed by atoms with van der Waals surface area (Å²) in [7, 11) is 0. The van der Waals surface area contributed by atoms with Gasteiger partial charge in [-0.05, 0) is 18.2 Å². The number of nitrogens with one attached hydrogen (secondary N) is 2.